The Morgan fingerprint density at radius 3 is 2.47 bits per heavy atom. The third-order valence-corrected chi connectivity index (χ3v) is 3.57. The zero-order chi connectivity index (χ0) is 13.1. The lowest BCUT2D eigenvalue weighted by molar-refractivity contribution is -0.121. The van der Waals surface area contributed by atoms with E-state index in [2.05, 4.69) is 30.7 Å². The predicted molar refractivity (Wildman–Crippen MR) is 77.5 cm³/mol. The van der Waals surface area contributed by atoms with Crippen LogP contribution >= 0.6 is 11.8 Å². The summed E-state index contributed by atoms with van der Waals surface area (Å²) in [7, 11) is 0. The van der Waals surface area contributed by atoms with Crippen molar-refractivity contribution < 1.29 is 4.79 Å². The number of carbonyl (C=O) groups is 1. The monoisotopic (exact) mass is 260 g/mol. The van der Waals surface area contributed by atoms with Crippen LogP contribution in [0.15, 0.2) is 0 Å². The Balaban J connectivity index is 3.33. The average Bonchev–Trinajstić information content (AvgIpc) is 2.27. The minimum absolute atomic E-state index is 0.107. The summed E-state index contributed by atoms with van der Waals surface area (Å²) in [5, 5.41) is 6.17. The second-order valence-electron chi connectivity index (χ2n) is 4.83. The summed E-state index contributed by atoms with van der Waals surface area (Å²) in [6.07, 6.45) is 5.82. The molecule has 2 N–H and O–H groups in total. The van der Waals surface area contributed by atoms with Crippen LogP contribution in [0.1, 0.15) is 40.0 Å². The molecule has 1 amide bonds. The Morgan fingerprint density at radius 2 is 1.88 bits per heavy atom. The molecule has 4 heteroatoms. The molecule has 102 valence electrons. The molecule has 0 bridgehead atoms. The first kappa shape index (κ1) is 16.8. The van der Waals surface area contributed by atoms with Crippen LogP contribution in [-0.4, -0.2) is 37.0 Å². The van der Waals surface area contributed by atoms with Gasteiger partial charge in [-0.3, -0.25) is 4.79 Å². The molecule has 3 nitrogen and oxygen atoms in total. The lowest BCUT2D eigenvalue weighted by Gasteiger charge is -2.17. The maximum atomic E-state index is 11.5. The first-order chi connectivity index (χ1) is 8.07. The highest BCUT2D eigenvalue weighted by atomic mass is 32.2. The van der Waals surface area contributed by atoms with Gasteiger partial charge in [0.2, 0.25) is 5.91 Å². The molecule has 0 heterocycles. The van der Waals surface area contributed by atoms with Gasteiger partial charge in [-0.1, -0.05) is 20.3 Å². The molecule has 0 fully saturated rings. The van der Waals surface area contributed by atoms with Gasteiger partial charge in [-0.05, 0) is 44.2 Å². The fourth-order valence-corrected chi connectivity index (χ4v) is 1.84. The summed E-state index contributed by atoms with van der Waals surface area (Å²) in [5.74, 6) is 1.84. The van der Waals surface area contributed by atoms with Crippen LogP contribution in [0.2, 0.25) is 0 Å². The fourth-order valence-electron chi connectivity index (χ4n) is 1.35. The Kier molecular flexibility index (Phi) is 10.8. The normalized spacial score (nSPS) is 12.8. The third kappa shape index (κ3) is 10.6. The van der Waals surface area contributed by atoms with Gasteiger partial charge in [0.1, 0.15) is 0 Å². The SMILES string of the molecule is CSCCCCCNCC(=O)NC(C)C(C)C. The Labute approximate surface area is 111 Å². The minimum Gasteiger partial charge on any atom is -0.352 e. The van der Waals surface area contributed by atoms with Crippen LogP contribution in [-0.2, 0) is 4.79 Å². The van der Waals surface area contributed by atoms with Crippen LogP contribution in [0.5, 0.6) is 0 Å². The van der Waals surface area contributed by atoms with Gasteiger partial charge in [-0.2, -0.15) is 11.8 Å². The van der Waals surface area contributed by atoms with Crippen LogP contribution in [0, 0.1) is 5.92 Å². The largest absolute Gasteiger partial charge is 0.352 e. The summed E-state index contributed by atoms with van der Waals surface area (Å²) in [6, 6.07) is 0.255. The summed E-state index contributed by atoms with van der Waals surface area (Å²) < 4.78 is 0. The number of hydrogen-bond acceptors (Lipinski definition) is 3. The Morgan fingerprint density at radius 1 is 1.18 bits per heavy atom. The number of carbonyl (C=O) groups excluding carboxylic acids is 1. The van der Waals surface area contributed by atoms with Crippen LogP contribution in [0.25, 0.3) is 0 Å². The van der Waals surface area contributed by atoms with E-state index in [-0.39, 0.29) is 11.9 Å². The summed E-state index contributed by atoms with van der Waals surface area (Å²) in [6.45, 7) is 7.66. The lowest BCUT2D eigenvalue weighted by atomic mass is 10.1. The van der Waals surface area contributed by atoms with Crippen molar-refractivity contribution in [2.75, 3.05) is 25.1 Å². The Bertz CT molecular complexity index is 198. The number of unbranched alkanes of at least 4 members (excludes halogenated alkanes) is 2. The van der Waals surface area contributed by atoms with Crippen molar-refractivity contribution in [2.24, 2.45) is 5.92 Å². The number of thioether (sulfide) groups is 1. The van der Waals surface area contributed by atoms with E-state index in [9.17, 15) is 4.79 Å². The first-order valence-electron chi connectivity index (χ1n) is 6.57. The van der Waals surface area contributed by atoms with E-state index >= 15 is 0 Å². The highest BCUT2D eigenvalue weighted by Crippen LogP contribution is 2.01. The van der Waals surface area contributed by atoms with Crippen LogP contribution in [0.4, 0.5) is 0 Å². The molecule has 0 aliphatic carbocycles. The van der Waals surface area contributed by atoms with E-state index in [0.29, 0.717) is 12.5 Å². The number of rotatable bonds is 10. The van der Waals surface area contributed by atoms with Gasteiger partial charge in [0.05, 0.1) is 6.54 Å². The highest BCUT2D eigenvalue weighted by Gasteiger charge is 2.09. The molecule has 0 saturated heterocycles. The molecule has 1 unspecified atom stereocenters. The standard InChI is InChI=1S/C13H28N2OS/c1-11(2)12(3)15-13(16)10-14-8-6-5-7-9-17-4/h11-12,14H,5-10H2,1-4H3,(H,15,16). The zero-order valence-electron chi connectivity index (χ0n) is 11.7. The number of nitrogens with one attached hydrogen (secondary N) is 2. The van der Waals surface area contributed by atoms with E-state index in [4.69, 9.17) is 0 Å². The summed E-state index contributed by atoms with van der Waals surface area (Å²) in [5.41, 5.74) is 0. The highest BCUT2D eigenvalue weighted by molar-refractivity contribution is 7.98. The molecular weight excluding hydrogens is 232 g/mol. The molecule has 0 aliphatic heterocycles. The zero-order valence-corrected chi connectivity index (χ0v) is 12.5. The quantitative estimate of drug-likeness (QED) is 0.592. The summed E-state index contributed by atoms with van der Waals surface area (Å²) >= 11 is 1.90. The van der Waals surface area contributed by atoms with Gasteiger partial charge in [0.25, 0.3) is 0 Å². The molecule has 0 rings (SSSR count). The second-order valence-corrected chi connectivity index (χ2v) is 5.82. The molecule has 0 aromatic heterocycles. The maximum absolute atomic E-state index is 11.5. The van der Waals surface area contributed by atoms with Crippen LogP contribution in [0.3, 0.4) is 0 Å². The first-order valence-corrected chi connectivity index (χ1v) is 7.96. The molecule has 0 radical (unpaired) electrons. The molecular formula is C13H28N2OS. The van der Waals surface area contributed by atoms with Gasteiger partial charge in [0.15, 0.2) is 0 Å². The third-order valence-electron chi connectivity index (χ3n) is 2.88. The van der Waals surface area contributed by atoms with Gasteiger partial charge >= 0.3 is 0 Å². The predicted octanol–water partition coefficient (Wildman–Crippen LogP) is 2.27. The van der Waals surface area contributed by atoms with Gasteiger partial charge in [-0.25, -0.2) is 0 Å². The van der Waals surface area contributed by atoms with E-state index in [1.165, 1.54) is 18.6 Å². The molecule has 0 aliphatic rings. The van der Waals surface area contributed by atoms with Crippen molar-refractivity contribution in [3.8, 4) is 0 Å². The number of hydrogen-bond donors (Lipinski definition) is 2. The second kappa shape index (κ2) is 10.9. The van der Waals surface area contributed by atoms with Crippen molar-refractivity contribution in [2.45, 2.75) is 46.1 Å². The molecule has 0 spiro atoms. The smallest absolute Gasteiger partial charge is 0.234 e. The van der Waals surface area contributed by atoms with Crippen molar-refractivity contribution >= 4 is 17.7 Å². The molecule has 17 heavy (non-hydrogen) atoms. The minimum atomic E-state index is 0.107. The van der Waals surface area contributed by atoms with E-state index in [1.807, 2.05) is 18.7 Å². The van der Waals surface area contributed by atoms with E-state index in [1.54, 1.807) is 0 Å². The maximum Gasteiger partial charge on any atom is 0.234 e. The van der Waals surface area contributed by atoms with E-state index < -0.39 is 0 Å². The average molecular weight is 260 g/mol. The lowest BCUT2D eigenvalue weighted by Crippen LogP contribution is -2.41. The van der Waals surface area contributed by atoms with Crippen molar-refractivity contribution in [1.29, 1.82) is 0 Å². The van der Waals surface area contributed by atoms with Gasteiger partial charge < -0.3 is 10.6 Å². The topological polar surface area (TPSA) is 41.1 Å². The molecule has 0 saturated carbocycles. The number of amides is 1. The van der Waals surface area contributed by atoms with Gasteiger partial charge in [0, 0.05) is 6.04 Å². The Hall–Kier alpha value is -0.220. The van der Waals surface area contributed by atoms with Crippen LogP contribution < -0.4 is 10.6 Å². The van der Waals surface area contributed by atoms with E-state index in [0.717, 1.165) is 13.0 Å². The van der Waals surface area contributed by atoms with Crippen molar-refractivity contribution in [3.63, 3.8) is 0 Å². The summed E-state index contributed by atoms with van der Waals surface area (Å²) in [4.78, 5) is 11.5. The van der Waals surface area contributed by atoms with Crippen molar-refractivity contribution in [3.05, 3.63) is 0 Å². The fraction of sp³-hybridized carbons (Fsp3) is 0.923. The molecule has 0 aromatic rings. The molecule has 0 aromatic carbocycles. The molecule has 1 atom stereocenters. The van der Waals surface area contributed by atoms with Gasteiger partial charge in [-0.15, -0.1) is 0 Å². The van der Waals surface area contributed by atoms with Crippen molar-refractivity contribution in [1.82, 2.24) is 10.6 Å².